The van der Waals surface area contributed by atoms with Crippen molar-refractivity contribution < 1.29 is 0 Å². The maximum Gasteiger partial charge on any atom is 0.00581 e. The van der Waals surface area contributed by atoms with Gasteiger partial charge in [0.1, 0.15) is 0 Å². The van der Waals surface area contributed by atoms with E-state index in [9.17, 15) is 0 Å². The van der Waals surface area contributed by atoms with Crippen LogP contribution in [-0.4, -0.2) is 0 Å². The molecule has 0 fully saturated rings. The van der Waals surface area contributed by atoms with E-state index in [2.05, 4.69) is 82.3 Å². The summed E-state index contributed by atoms with van der Waals surface area (Å²) in [6.07, 6.45) is 6.86. The molecule has 1 atom stereocenters. The second-order valence-corrected chi connectivity index (χ2v) is 6.54. The molecule has 2 aromatic rings. The lowest BCUT2D eigenvalue weighted by atomic mass is 9.92. The smallest absolute Gasteiger partial charge is 0.00581 e. The zero-order valence-corrected chi connectivity index (χ0v) is 14.7. The topological polar surface area (TPSA) is 0 Å². The molecule has 0 aliphatic heterocycles. The summed E-state index contributed by atoms with van der Waals surface area (Å²) in [5.41, 5.74) is 9.80. The Balaban J connectivity index is 2.09. The van der Waals surface area contributed by atoms with E-state index >= 15 is 0 Å². The third kappa shape index (κ3) is 2.91. The second-order valence-electron chi connectivity index (χ2n) is 6.54. The highest BCUT2D eigenvalue weighted by Crippen LogP contribution is 2.45. The molecule has 0 amide bonds. The molecule has 0 saturated heterocycles. The largest absolute Gasteiger partial charge is 0.0842 e. The Bertz CT molecular complexity index is 757. The number of benzene rings is 2. The molecule has 1 unspecified atom stereocenters. The predicted octanol–water partition coefficient (Wildman–Crippen LogP) is 6.91. The molecule has 0 N–H and O–H groups in total. The highest BCUT2D eigenvalue weighted by Gasteiger charge is 2.26. The molecule has 0 saturated carbocycles. The van der Waals surface area contributed by atoms with Gasteiger partial charge in [0.05, 0.1) is 0 Å². The summed E-state index contributed by atoms with van der Waals surface area (Å²) in [7, 11) is 0. The van der Waals surface area contributed by atoms with Gasteiger partial charge >= 0.3 is 0 Å². The molecular weight excluding hydrogens is 276 g/mol. The normalized spacial score (nSPS) is 17.1. The van der Waals surface area contributed by atoms with Crippen LogP contribution in [0, 0.1) is 6.92 Å². The van der Waals surface area contributed by atoms with Gasteiger partial charge in [-0.15, -0.1) is 0 Å². The first-order valence-corrected chi connectivity index (χ1v) is 8.74. The van der Waals surface area contributed by atoms with Crippen molar-refractivity contribution in [3.05, 3.63) is 76.9 Å². The van der Waals surface area contributed by atoms with Crippen molar-refractivity contribution in [1.29, 1.82) is 0 Å². The zero-order chi connectivity index (χ0) is 16.4. The van der Waals surface area contributed by atoms with Gasteiger partial charge in [0, 0.05) is 5.92 Å². The van der Waals surface area contributed by atoms with E-state index in [1.165, 1.54) is 45.4 Å². The van der Waals surface area contributed by atoms with E-state index in [-0.39, 0.29) is 0 Å². The summed E-state index contributed by atoms with van der Waals surface area (Å²) < 4.78 is 0. The van der Waals surface area contributed by atoms with Crippen molar-refractivity contribution in [2.24, 2.45) is 0 Å². The van der Waals surface area contributed by atoms with Crippen molar-refractivity contribution in [3.8, 4) is 11.1 Å². The van der Waals surface area contributed by atoms with E-state index in [0.29, 0.717) is 5.92 Å². The Labute approximate surface area is 140 Å². The fourth-order valence-electron chi connectivity index (χ4n) is 3.64. The van der Waals surface area contributed by atoms with E-state index in [1.54, 1.807) is 0 Å². The molecule has 0 nitrogen and oxygen atoms in total. The van der Waals surface area contributed by atoms with E-state index < -0.39 is 0 Å². The number of fused-ring (bicyclic) bond motifs is 1. The summed E-state index contributed by atoms with van der Waals surface area (Å²) in [6.45, 7) is 8.92. The Kier molecular flexibility index (Phi) is 4.52. The van der Waals surface area contributed by atoms with Crippen molar-refractivity contribution in [3.63, 3.8) is 0 Å². The van der Waals surface area contributed by atoms with Crippen LogP contribution in [0.4, 0.5) is 0 Å². The minimum absolute atomic E-state index is 0.577. The lowest BCUT2D eigenvalue weighted by molar-refractivity contribution is 0.776. The number of allylic oxidation sites excluding steroid dienone is 4. The quantitative estimate of drug-likeness (QED) is 0.575. The number of aryl methyl sites for hydroxylation is 1. The van der Waals surface area contributed by atoms with E-state index in [0.717, 1.165) is 6.42 Å². The minimum atomic E-state index is 0.577. The van der Waals surface area contributed by atoms with Crippen LogP contribution in [0.25, 0.3) is 16.7 Å². The molecule has 0 bridgehead atoms. The zero-order valence-electron chi connectivity index (χ0n) is 14.7. The average Bonchev–Trinajstić information content (AvgIpc) is 2.84. The molecule has 0 heteroatoms. The molecular formula is C23H26. The molecule has 0 heterocycles. The first-order chi connectivity index (χ1) is 11.2. The Morgan fingerprint density at radius 2 is 1.61 bits per heavy atom. The first kappa shape index (κ1) is 15.8. The molecule has 118 valence electrons. The maximum atomic E-state index is 2.38. The summed E-state index contributed by atoms with van der Waals surface area (Å²) in [5, 5.41) is 0. The Morgan fingerprint density at radius 1 is 0.913 bits per heavy atom. The standard InChI is InChI=1S/C23H26/c1-5-7-8-21-17(4)20(6-2)22-14-13-19(15-23(21)22)18-11-9-16(3)10-12-18/h7-15,20H,5-6H2,1-4H3/b8-7-. The van der Waals surface area contributed by atoms with Crippen LogP contribution in [0.2, 0.25) is 0 Å². The van der Waals surface area contributed by atoms with Crippen molar-refractivity contribution >= 4 is 5.57 Å². The molecule has 1 aliphatic carbocycles. The van der Waals surface area contributed by atoms with Crippen LogP contribution in [0.1, 0.15) is 56.2 Å². The van der Waals surface area contributed by atoms with Gasteiger partial charge in [-0.05, 0) is 60.6 Å². The average molecular weight is 302 g/mol. The summed E-state index contributed by atoms with van der Waals surface area (Å²) in [4.78, 5) is 0. The molecule has 0 aromatic heterocycles. The van der Waals surface area contributed by atoms with Gasteiger partial charge in [0.2, 0.25) is 0 Å². The maximum absolute atomic E-state index is 2.38. The molecule has 23 heavy (non-hydrogen) atoms. The minimum Gasteiger partial charge on any atom is -0.0842 e. The van der Waals surface area contributed by atoms with Crippen LogP contribution in [0.15, 0.2) is 60.2 Å². The fraction of sp³-hybridized carbons (Fsp3) is 0.304. The summed E-state index contributed by atoms with van der Waals surface area (Å²) in [6, 6.07) is 15.8. The monoisotopic (exact) mass is 302 g/mol. The van der Waals surface area contributed by atoms with Gasteiger partial charge in [-0.3, -0.25) is 0 Å². The van der Waals surface area contributed by atoms with Crippen molar-refractivity contribution in [1.82, 2.24) is 0 Å². The van der Waals surface area contributed by atoms with Gasteiger partial charge in [-0.1, -0.05) is 73.5 Å². The van der Waals surface area contributed by atoms with Gasteiger partial charge < -0.3 is 0 Å². The van der Waals surface area contributed by atoms with E-state index in [4.69, 9.17) is 0 Å². The Hall–Kier alpha value is -2.08. The van der Waals surface area contributed by atoms with Gasteiger partial charge in [-0.2, -0.15) is 0 Å². The van der Waals surface area contributed by atoms with Crippen LogP contribution < -0.4 is 0 Å². The predicted molar refractivity (Wildman–Crippen MR) is 102 cm³/mol. The SMILES string of the molecule is CC/C=C\C1=C(C)C(CC)c2ccc(-c3ccc(C)cc3)cc21. The van der Waals surface area contributed by atoms with Crippen LogP contribution >= 0.6 is 0 Å². The van der Waals surface area contributed by atoms with Gasteiger partial charge in [-0.25, -0.2) is 0 Å². The van der Waals surface area contributed by atoms with Crippen molar-refractivity contribution in [2.45, 2.75) is 46.5 Å². The number of hydrogen-bond donors (Lipinski definition) is 0. The van der Waals surface area contributed by atoms with Crippen LogP contribution in [-0.2, 0) is 0 Å². The highest BCUT2D eigenvalue weighted by molar-refractivity contribution is 5.86. The van der Waals surface area contributed by atoms with Crippen LogP contribution in [0.5, 0.6) is 0 Å². The molecule has 1 aliphatic rings. The molecule has 2 aromatic carbocycles. The molecule has 3 rings (SSSR count). The van der Waals surface area contributed by atoms with Gasteiger partial charge in [0.15, 0.2) is 0 Å². The molecule has 0 radical (unpaired) electrons. The third-order valence-corrected chi connectivity index (χ3v) is 4.98. The summed E-state index contributed by atoms with van der Waals surface area (Å²) in [5.74, 6) is 0.577. The van der Waals surface area contributed by atoms with E-state index in [1.807, 2.05) is 0 Å². The Morgan fingerprint density at radius 3 is 2.26 bits per heavy atom. The second kappa shape index (κ2) is 6.58. The lowest BCUT2D eigenvalue weighted by Gasteiger charge is -2.12. The fourth-order valence-corrected chi connectivity index (χ4v) is 3.64. The third-order valence-electron chi connectivity index (χ3n) is 4.98. The lowest BCUT2D eigenvalue weighted by Crippen LogP contribution is -1.94. The first-order valence-electron chi connectivity index (χ1n) is 8.74. The van der Waals surface area contributed by atoms with Crippen molar-refractivity contribution in [2.75, 3.05) is 0 Å². The van der Waals surface area contributed by atoms with Crippen LogP contribution in [0.3, 0.4) is 0 Å². The highest BCUT2D eigenvalue weighted by atomic mass is 14.3. The molecule has 0 spiro atoms. The van der Waals surface area contributed by atoms with Gasteiger partial charge in [0.25, 0.3) is 0 Å². The summed E-state index contributed by atoms with van der Waals surface area (Å²) >= 11 is 0. The number of hydrogen-bond acceptors (Lipinski definition) is 0. The number of rotatable bonds is 4.